The summed E-state index contributed by atoms with van der Waals surface area (Å²) in [6, 6.07) is 15.8. The number of imide groups is 1. The van der Waals surface area contributed by atoms with Gasteiger partial charge in [-0.15, -0.1) is 0 Å². The van der Waals surface area contributed by atoms with Crippen molar-refractivity contribution in [2.45, 2.75) is 25.9 Å². The molecule has 4 rings (SSSR count). The molecule has 0 saturated carbocycles. The van der Waals surface area contributed by atoms with Gasteiger partial charge in [0.15, 0.2) is 0 Å². The van der Waals surface area contributed by atoms with E-state index in [4.69, 9.17) is 11.6 Å². The minimum Gasteiger partial charge on any atom is -0.323 e. The molecule has 0 unspecified atom stereocenters. The van der Waals surface area contributed by atoms with Gasteiger partial charge in [-0.2, -0.15) is 0 Å². The predicted molar refractivity (Wildman–Crippen MR) is 126 cm³/mol. The van der Waals surface area contributed by atoms with Gasteiger partial charge in [-0.1, -0.05) is 29.8 Å². The molecule has 8 nitrogen and oxygen atoms in total. The maximum atomic E-state index is 13.6. The number of anilines is 1. The van der Waals surface area contributed by atoms with Crippen molar-refractivity contribution in [2.75, 3.05) is 5.32 Å². The van der Waals surface area contributed by atoms with Crippen molar-refractivity contribution in [3.63, 3.8) is 0 Å². The van der Waals surface area contributed by atoms with E-state index in [0.717, 1.165) is 0 Å². The summed E-state index contributed by atoms with van der Waals surface area (Å²) in [6.07, 6.45) is 1.86. The molecule has 0 aliphatic carbocycles. The molecule has 0 saturated heterocycles. The Hall–Kier alpha value is -4.04. The fourth-order valence-corrected chi connectivity index (χ4v) is 3.92. The van der Waals surface area contributed by atoms with Crippen LogP contribution in [0.2, 0.25) is 5.02 Å². The zero-order valence-electron chi connectivity index (χ0n) is 18.2. The van der Waals surface area contributed by atoms with Gasteiger partial charge >= 0.3 is 0 Å². The highest BCUT2D eigenvalue weighted by atomic mass is 35.5. The maximum absolute atomic E-state index is 13.6. The molecular weight excluding hydrogens is 456 g/mol. The van der Waals surface area contributed by atoms with E-state index in [1.807, 2.05) is 6.07 Å². The monoisotopic (exact) mass is 476 g/mol. The Balaban J connectivity index is 1.67. The Kier molecular flexibility index (Phi) is 6.70. The molecule has 0 spiro atoms. The Morgan fingerprint density at radius 1 is 1.09 bits per heavy atom. The quantitative estimate of drug-likeness (QED) is 0.587. The Morgan fingerprint density at radius 2 is 1.85 bits per heavy atom. The van der Waals surface area contributed by atoms with Crippen LogP contribution in [0.4, 0.5) is 5.69 Å². The van der Waals surface area contributed by atoms with Crippen molar-refractivity contribution < 1.29 is 19.2 Å². The fourth-order valence-electron chi connectivity index (χ4n) is 3.75. The number of hydrogen-bond acceptors (Lipinski definition) is 5. The van der Waals surface area contributed by atoms with Gasteiger partial charge in [0, 0.05) is 42.4 Å². The maximum Gasteiger partial charge on any atom is 0.257 e. The second-order valence-electron chi connectivity index (χ2n) is 7.86. The lowest BCUT2D eigenvalue weighted by Gasteiger charge is -2.28. The molecule has 3 aromatic rings. The number of halogens is 1. The van der Waals surface area contributed by atoms with Crippen molar-refractivity contribution in [3.8, 4) is 0 Å². The summed E-state index contributed by atoms with van der Waals surface area (Å²) in [5, 5.41) is 5.45. The zero-order chi connectivity index (χ0) is 24.2. The first-order chi connectivity index (χ1) is 16.3. The largest absolute Gasteiger partial charge is 0.323 e. The first-order valence-electron chi connectivity index (χ1n) is 10.5. The van der Waals surface area contributed by atoms with Gasteiger partial charge in [-0.25, -0.2) is 0 Å². The summed E-state index contributed by atoms with van der Waals surface area (Å²) in [7, 11) is 0. The lowest BCUT2D eigenvalue weighted by atomic mass is 10.0. The number of pyridine rings is 1. The molecule has 172 valence electrons. The number of nitrogens with zero attached hydrogens (tertiary/aromatic N) is 2. The average molecular weight is 477 g/mol. The van der Waals surface area contributed by atoms with Gasteiger partial charge in [0.05, 0.1) is 11.3 Å². The van der Waals surface area contributed by atoms with Gasteiger partial charge in [0.25, 0.3) is 11.8 Å². The standard InChI is InChI=1S/C25H21ClN4O4/c1-15(31)28-23(32)17-7-5-16(6-8-17)14-30-22(13-19-4-2-3-11-27-19)24(33)29-21-12-18(26)9-10-20(21)25(30)34/h2-12,22H,13-14H2,1H3,(H,29,33)(H,28,31,32)/t22-/m1/s1. The van der Waals surface area contributed by atoms with Crippen LogP contribution in [0.25, 0.3) is 0 Å². The molecule has 34 heavy (non-hydrogen) atoms. The lowest BCUT2D eigenvalue weighted by Crippen LogP contribution is -2.46. The molecule has 1 aromatic heterocycles. The number of carbonyl (C=O) groups excluding carboxylic acids is 4. The molecule has 4 amide bonds. The number of carbonyl (C=O) groups is 4. The van der Waals surface area contributed by atoms with Gasteiger partial charge in [0.2, 0.25) is 11.8 Å². The topological polar surface area (TPSA) is 108 Å². The zero-order valence-corrected chi connectivity index (χ0v) is 19.0. The van der Waals surface area contributed by atoms with E-state index in [0.29, 0.717) is 33.1 Å². The summed E-state index contributed by atoms with van der Waals surface area (Å²) in [6.45, 7) is 1.38. The molecule has 2 N–H and O–H groups in total. The molecule has 0 fully saturated rings. The fraction of sp³-hybridized carbons (Fsp3) is 0.160. The van der Waals surface area contributed by atoms with E-state index in [9.17, 15) is 19.2 Å². The third-order valence-electron chi connectivity index (χ3n) is 5.40. The van der Waals surface area contributed by atoms with Gasteiger partial charge in [-0.05, 0) is 48.0 Å². The summed E-state index contributed by atoms with van der Waals surface area (Å²) >= 11 is 6.09. The van der Waals surface area contributed by atoms with E-state index >= 15 is 0 Å². The normalized spacial score (nSPS) is 15.2. The van der Waals surface area contributed by atoms with Crippen LogP contribution in [-0.2, 0) is 22.6 Å². The number of rotatable bonds is 5. The minimum atomic E-state index is -0.825. The van der Waals surface area contributed by atoms with Crippen LogP contribution >= 0.6 is 11.6 Å². The van der Waals surface area contributed by atoms with Crippen LogP contribution in [-0.4, -0.2) is 39.6 Å². The van der Waals surface area contributed by atoms with E-state index < -0.39 is 17.9 Å². The van der Waals surface area contributed by atoms with Crippen LogP contribution in [0.5, 0.6) is 0 Å². The van der Waals surface area contributed by atoms with Crippen molar-refractivity contribution in [3.05, 3.63) is 94.3 Å². The molecule has 2 heterocycles. The van der Waals surface area contributed by atoms with Crippen molar-refractivity contribution in [1.29, 1.82) is 0 Å². The Morgan fingerprint density at radius 3 is 2.53 bits per heavy atom. The molecule has 9 heteroatoms. The third-order valence-corrected chi connectivity index (χ3v) is 5.63. The van der Waals surface area contributed by atoms with Crippen molar-refractivity contribution >= 4 is 40.9 Å². The van der Waals surface area contributed by atoms with Crippen LogP contribution < -0.4 is 10.6 Å². The summed E-state index contributed by atoms with van der Waals surface area (Å²) in [4.78, 5) is 55.8. The molecule has 0 bridgehead atoms. The van der Waals surface area contributed by atoms with E-state index in [1.165, 1.54) is 11.8 Å². The number of hydrogen-bond donors (Lipinski definition) is 2. The highest BCUT2D eigenvalue weighted by Crippen LogP contribution is 2.28. The van der Waals surface area contributed by atoms with Crippen molar-refractivity contribution in [1.82, 2.24) is 15.2 Å². The van der Waals surface area contributed by atoms with Crippen molar-refractivity contribution in [2.24, 2.45) is 0 Å². The average Bonchev–Trinajstić information content (AvgIpc) is 2.89. The van der Waals surface area contributed by atoms with Crippen LogP contribution in [0.3, 0.4) is 0 Å². The smallest absolute Gasteiger partial charge is 0.257 e. The molecular formula is C25H21ClN4O4. The highest BCUT2D eigenvalue weighted by molar-refractivity contribution is 6.31. The number of benzene rings is 2. The molecule has 1 atom stereocenters. The van der Waals surface area contributed by atoms with Gasteiger partial charge in [-0.3, -0.25) is 29.5 Å². The third kappa shape index (κ3) is 5.13. The predicted octanol–water partition coefficient (Wildman–Crippen LogP) is 3.22. The Bertz CT molecular complexity index is 1260. The summed E-state index contributed by atoms with van der Waals surface area (Å²) in [5.74, 6) is -1.64. The van der Waals surface area contributed by atoms with Crippen LogP contribution in [0.15, 0.2) is 66.9 Å². The Labute approximate surface area is 200 Å². The summed E-state index contributed by atoms with van der Waals surface area (Å²) in [5.41, 5.74) is 2.37. The first-order valence-corrected chi connectivity index (χ1v) is 10.9. The lowest BCUT2D eigenvalue weighted by molar-refractivity contribution is -0.120. The number of nitrogens with one attached hydrogen (secondary N) is 2. The molecule has 2 aromatic carbocycles. The molecule has 1 aliphatic rings. The number of fused-ring (bicyclic) bond motifs is 1. The van der Waals surface area contributed by atoms with Crippen LogP contribution in [0.1, 0.15) is 38.9 Å². The number of aromatic nitrogens is 1. The van der Waals surface area contributed by atoms with Crippen LogP contribution in [0, 0.1) is 0 Å². The first kappa shape index (κ1) is 23.1. The molecule has 0 radical (unpaired) electrons. The summed E-state index contributed by atoms with van der Waals surface area (Å²) < 4.78 is 0. The van der Waals surface area contributed by atoms with E-state index in [2.05, 4.69) is 15.6 Å². The highest BCUT2D eigenvalue weighted by Gasteiger charge is 2.35. The van der Waals surface area contributed by atoms with Gasteiger partial charge < -0.3 is 10.2 Å². The second kappa shape index (κ2) is 9.84. The minimum absolute atomic E-state index is 0.125. The SMILES string of the molecule is CC(=O)NC(=O)c1ccc(CN2C(=O)c3ccc(Cl)cc3NC(=O)[C@H]2Cc2ccccn2)cc1. The molecule has 1 aliphatic heterocycles. The van der Waals surface area contributed by atoms with Gasteiger partial charge in [0.1, 0.15) is 6.04 Å². The van der Waals surface area contributed by atoms with E-state index in [1.54, 1.807) is 60.8 Å². The second-order valence-corrected chi connectivity index (χ2v) is 8.30. The van der Waals surface area contributed by atoms with E-state index in [-0.39, 0.29) is 24.8 Å². The number of amides is 4.